The van der Waals surface area contributed by atoms with E-state index >= 15 is 0 Å². The lowest BCUT2D eigenvalue weighted by atomic mass is 10.1. The fourth-order valence-corrected chi connectivity index (χ4v) is 3.61. The Morgan fingerprint density at radius 1 is 1.00 bits per heavy atom. The molecule has 0 amide bonds. The van der Waals surface area contributed by atoms with Crippen LogP contribution in [0.4, 0.5) is 0 Å². The first-order chi connectivity index (χ1) is 11.7. The Hall–Kier alpha value is -2.79. The van der Waals surface area contributed by atoms with E-state index in [2.05, 4.69) is 40.2 Å². The van der Waals surface area contributed by atoms with Gasteiger partial charge in [-0.2, -0.15) is 4.98 Å². The Labute approximate surface area is 143 Å². The van der Waals surface area contributed by atoms with Gasteiger partial charge in [-0.25, -0.2) is 0 Å². The van der Waals surface area contributed by atoms with Crippen molar-refractivity contribution >= 4 is 11.3 Å². The van der Waals surface area contributed by atoms with E-state index in [0.717, 1.165) is 16.0 Å². The lowest BCUT2D eigenvalue weighted by Gasteiger charge is -1.97. The van der Waals surface area contributed by atoms with Crippen molar-refractivity contribution < 1.29 is 4.52 Å². The molecular weight excluding hydrogens is 318 g/mol. The molecule has 0 unspecified atom stereocenters. The molecule has 118 valence electrons. The van der Waals surface area contributed by atoms with Crippen LogP contribution in [0.3, 0.4) is 0 Å². The van der Waals surface area contributed by atoms with Gasteiger partial charge in [-0.05, 0) is 42.7 Å². The fourth-order valence-electron chi connectivity index (χ4n) is 2.65. The molecule has 0 aliphatic rings. The molecule has 3 aromatic heterocycles. The summed E-state index contributed by atoms with van der Waals surface area (Å²) in [5, 5.41) is 4.13. The van der Waals surface area contributed by atoms with Gasteiger partial charge in [-0.3, -0.25) is 4.98 Å². The van der Waals surface area contributed by atoms with Crippen LogP contribution in [-0.2, 0) is 0 Å². The molecule has 4 nitrogen and oxygen atoms in total. The third kappa shape index (κ3) is 2.63. The number of pyridine rings is 1. The smallest absolute Gasteiger partial charge is 0.268 e. The van der Waals surface area contributed by atoms with Gasteiger partial charge in [0.25, 0.3) is 5.89 Å². The van der Waals surface area contributed by atoms with Crippen molar-refractivity contribution in [2.24, 2.45) is 0 Å². The fraction of sp³-hybridized carbons (Fsp3) is 0.105. The quantitative estimate of drug-likeness (QED) is 0.520. The van der Waals surface area contributed by atoms with Crippen molar-refractivity contribution in [2.75, 3.05) is 0 Å². The normalized spacial score (nSPS) is 10.9. The van der Waals surface area contributed by atoms with Gasteiger partial charge in [0.15, 0.2) is 0 Å². The van der Waals surface area contributed by atoms with Crippen molar-refractivity contribution in [1.29, 1.82) is 0 Å². The molecule has 0 fully saturated rings. The van der Waals surface area contributed by atoms with E-state index in [4.69, 9.17) is 4.52 Å². The molecule has 0 saturated carbocycles. The molecule has 1 aromatic carbocycles. The number of aromatic nitrogens is 3. The van der Waals surface area contributed by atoms with Crippen LogP contribution in [0.1, 0.15) is 10.4 Å². The van der Waals surface area contributed by atoms with Crippen LogP contribution in [0.25, 0.3) is 33.3 Å². The van der Waals surface area contributed by atoms with E-state index in [1.165, 1.54) is 16.0 Å². The molecule has 4 aromatic rings. The minimum atomic E-state index is 0.552. The maximum atomic E-state index is 5.49. The number of rotatable bonds is 3. The molecule has 0 radical (unpaired) electrons. The van der Waals surface area contributed by atoms with Crippen LogP contribution in [0, 0.1) is 13.8 Å². The highest BCUT2D eigenvalue weighted by Gasteiger charge is 2.16. The van der Waals surface area contributed by atoms with Crippen molar-refractivity contribution in [3.05, 3.63) is 65.3 Å². The average Bonchev–Trinajstić information content (AvgIpc) is 3.23. The minimum Gasteiger partial charge on any atom is -0.333 e. The van der Waals surface area contributed by atoms with Gasteiger partial charge in [-0.1, -0.05) is 35.5 Å². The monoisotopic (exact) mass is 333 g/mol. The van der Waals surface area contributed by atoms with E-state index in [1.54, 1.807) is 23.7 Å². The van der Waals surface area contributed by atoms with Gasteiger partial charge in [-0.15, -0.1) is 11.3 Å². The third-order valence-corrected chi connectivity index (χ3v) is 4.94. The summed E-state index contributed by atoms with van der Waals surface area (Å²) in [6.07, 6.45) is 3.54. The highest BCUT2D eigenvalue weighted by molar-refractivity contribution is 7.15. The second-order valence-electron chi connectivity index (χ2n) is 5.56. The van der Waals surface area contributed by atoms with Crippen LogP contribution >= 0.6 is 11.3 Å². The van der Waals surface area contributed by atoms with E-state index in [1.807, 2.05) is 31.2 Å². The molecule has 24 heavy (non-hydrogen) atoms. The molecular formula is C19H15N3OS. The molecule has 0 aliphatic carbocycles. The molecule has 0 atom stereocenters. The second-order valence-corrected chi connectivity index (χ2v) is 6.82. The first kappa shape index (κ1) is 14.8. The van der Waals surface area contributed by atoms with Crippen molar-refractivity contribution in [2.45, 2.75) is 13.8 Å². The Morgan fingerprint density at radius 2 is 1.83 bits per heavy atom. The van der Waals surface area contributed by atoms with E-state index in [9.17, 15) is 0 Å². The summed E-state index contributed by atoms with van der Waals surface area (Å²) in [6, 6.07) is 14.3. The molecule has 3 heterocycles. The molecule has 0 bridgehead atoms. The lowest BCUT2D eigenvalue weighted by molar-refractivity contribution is 0.433. The van der Waals surface area contributed by atoms with Crippen molar-refractivity contribution in [1.82, 2.24) is 15.1 Å². The first-order valence-corrected chi connectivity index (χ1v) is 8.45. The molecule has 0 aliphatic heterocycles. The van der Waals surface area contributed by atoms with E-state index < -0.39 is 0 Å². The van der Waals surface area contributed by atoms with Crippen LogP contribution < -0.4 is 0 Å². The van der Waals surface area contributed by atoms with Crippen LogP contribution in [-0.4, -0.2) is 15.1 Å². The Kier molecular flexibility index (Phi) is 3.70. The first-order valence-electron chi connectivity index (χ1n) is 7.63. The topological polar surface area (TPSA) is 51.8 Å². The largest absolute Gasteiger partial charge is 0.333 e. The molecule has 5 heteroatoms. The van der Waals surface area contributed by atoms with E-state index in [-0.39, 0.29) is 0 Å². The van der Waals surface area contributed by atoms with Gasteiger partial charge in [0.05, 0.1) is 4.88 Å². The molecule has 4 rings (SSSR count). The van der Waals surface area contributed by atoms with Crippen molar-refractivity contribution in [3.63, 3.8) is 0 Å². The number of hydrogen-bond acceptors (Lipinski definition) is 5. The Bertz CT molecular complexity index is 989. The number of nitrogens with zero attached hydrogens (tertiary/aromatic N) is 3. The van der Waals surface area contributed by atoms with E-state index in [0.29, 0.717) is 11.7 Å². The number of aryl methyl sites for hydroxylation is 2. The molecule has 0 N–H and O–H groups in total. The van der Waals surface area contributed by atoms with Gasteiger partial charge in [0.1, 0.15) is 0 Å². The molecule has 0 spiro atoms. The lowest BCUT2D eigenvalue weighted by Crippen LogP contribution is -1.86. The summed E-state index contributed by atoms with van der Waals surface area (Å²) in [6.45, 7) is 4.10. The summed E-state index contributed by atoms with van der Waals surface area (Å²) < 4.78 is 5.49. The predicted octanol–water partition coefficient (Wildman–Crippen LogP) is 5.14. The summed E-state index contributed by atoms with van der Waals surface area (Å²) >= 11 is 1.67. The summed E-state index contributed by atoms with van der Waals surface area (Å²) in [4.78, 5) is 10.9. The molecule has 0 saturated heterocycles. The zero-order valence-electron chi connectivity index (χ0n) is 13.4. The average molecular weight is 333 g/mol. The number of hydrogen-bond donors (Lipinski definition) is 0. The second kappa shape index (κ2) is 6.02. The Morgan fingerprint density at radius 3 is 2.62 bits per heavy atom. The maximum absolute atomic E-state index is 5.49. The summed E-state index contributed by atoms with van der Waals surface area (Å²) in [5.41, 5.74) is 4.37. The SMILES string of the molecule is Cc1cnccc1-c1noc(-c2cc(-c3ccccc3)c(C)s2)n1. The summed E-state index contributed by atoms with van der Waals surface area (Å²) in [5.74, 6) is 1.15. The predicted molar refractivity (Wildman–Crippen MR) is 95.8 cm³/mol. The van der Waals surface area contributed by atoms with Crippen molar-refractivity contribution in [3.8, 4) is 33.3 Å². The third-order valence-electron chi connectivity index (χ3n) is 3.90. The minimum absolute atomic E-state index is 0.552. The van der Waals surface area contributed by atoms with Crippen LogP contribution in [0.2, 0.25) is 0 Å². The zero-order valence-corrected chi connectivity index (χ0v) is 14.2. The van der Waals surface area contributed by atoms with Gasteiger partial charge in [0.2, 0.25) is 5.82 Å². The number of benzene rings is 1. The summed E-state index contributed by atoms with van der Waals surface area (Å²) in [7, 11) is 0. The zero-order chi connectivity index (χ0) is 16.5. The number of thiophene rings is 1. The van der Waals surface area contributed by atoms with Crippen LogP contribution in [0.15, 0.2) is 59.4 Å². The standard InChI is InChI=1S/C19H15N3OS/c1-12-11-20-9-8-15(12)18-21-19(23-22-18)17-10-16(13(2)24-17)14-6-4-3-5-7-14/h3-11H,1-2H3. The maximum Gasteiger partial charge on any atom is 0.268 e. The highest BCUT2D eigenvalue weighted by atomic mass is 32.1. The van der Waals surface area contributed by atoms with Gasteiger partial charge >= 0.3 is 0 Å². The van der Waals surface area contributed by atoms with Gasteiger partial charge < -0.3 is 4.52 Å². The van der Waals surface area contributed by atoms with Crippen LogP contribution in [0.5, 0.6) is 0 Å². The Balaban J connectivity index is 1.72. The van der Waals surface area contributed by atoms with Gasteiger partial charge in [0, 0.05) is 22.8 Å². The highest BCUT2D eigenvalue weighted by Crippen LogP contribution is 2.36.